The second-order valence-corrected chi connectivity index (χ2v) is 21.7. The number of hydrogen-bond acceptors (Lipinski definition) is 6. The van der Waals surface area contributed by atoms with Crippen LogP contribution in [0, 0.1) is 0 Å². The summed E-state index contributed by atoms with van der Waals surface area (Å²) in [4.78, 5) is 38.3. The topological polar surface area (TPSA) is 78.9 Å². The van der Waals surface area contributed by atoms with Crippen LogP contribution in [0.5, 0.6) is 0 Å². The molecule has 0 aromatic heterocycles. The number of esters is 3. The Morgan fingerprint density at radius 2 is 0.514 bits per heavy atom. The van der Waals surface area contributed by atoms with Crippen molar-refractivity contribution in [1.82, 2.24) is 0 Å². The number of unbranched alkanes of at least 4 members (excludes halogenated alkanes) is 42. The van der Waals surface area contributed by atoms with Gasteiger partial charge >= 0.3 is 17.9 Å². The third-order valence-electron chi connectivity index (χ3n) is 14.4. The van der Waals surface area contributed by atoms with Crippen LogP contribution in [-0.4, -0.2) is 37.2 Å². The van der Waals surface area contributed by atoms with E-state index in [1.807, 2.05) is 0 Å². The third-order valence-corrected chi connectivity index (χ3v) is 14.4. The lowest BCUT2D eigenvalue weighted by atomic mass is 10.0. The molecule has 0 aromatic carbocycles. The molecule has 72 heavy (non-hydrogen) atoms. The maximum Gasteiger partial charge on any atom is 0.306 e. The Morgan fingerprint density at radius 1 is 0.278 bits per heavy atom. The number of hydrogen-bond donors (Lipinski definition) is 0. The Morgan fingerprint density at radius 3 is 0.819 bits per heavy atom. The van der Waals surface area contributed by atoms with Crippen LogP contribution in [0.15, 0.2) is 36.5 Å². The van der Waals surface area contributed by atoms with Crippen LogP contribution in [0.2, 0.25) is 0 Å². The highest BCUT2D eigenvalue weighted by atomic mass is 16.6. The van der Waals surface area contributed by atoms with Gasteiger partial charge in [-0.25, -0.2) is 0 Å². The second-order valence-electron chi connectivity index (χ2n) is 21.7. The van der Waals surface area contributed by atoms with E-state index in [2.05, 4.69) is 57.2 Å². The predicted octanol–water partition coefficient (Wildman–Crippen LogP) is 21.6. The molecule has 0 spiro atoms. The number of carbonyl (C=O) groups is 3. The summed E-state index contributed by atoms with van der Waals surface area (Å²) in [5.74, 6) is -0.865. The van der Waals surface area contributed by atoms with Gasteiger partial charge < -0.3 is 14.2 Å². The summed E-state index contributed by atoms with van der Waals surface area (Å²) < 4.78 is 16.9. The first-order valence-electron chi connectivity index (χ1n) is 32.0. The normalized spacial score (nSPS) is 12.2. The molecular formula is C66H122O6. The molecule has 0 aliphatic rings. The molecule has 0 heterocycles. The fraction of sp³-hybridized carbons (Fsp3) is 0.864. The molecule has 0 radical (unpaired) electrons. The van der Waals surface area contributed by atoms with Crippen molar-refractivity contribution in [2.24, 2.45) is 0 Å². The zero-order valence-electron chi connectivity index (χ0n) is 48.5. The Labute approximate surface area is 448 Å². The van der Waals surface area contributed by atoms with Crippen molar-refractivity contribution in [3.05, 3.63) is 36.5 Å². The zero-order chi connectivity index (χ0) is 52.2. The van der Waals surface area contributed by atoms with Crippen LogP contribution < -0.4 is 0 Å². The minimum Gasteiger partial charge on any atom is -0.462 e. The number of allylic oxidation sites excluding steroid dienone is 6. The molecule has 0 bridgehead atoms. The van der Waals surface area contributed by atoms with Gasteiger partial charge in [0, 0.05) is 19.3 Å². The molecule has 422 valence electrons. The molecule has 0 rings (SSSR count). The molecular weight excluding hydrogens is 889 g/mol. The van der Waals surface area contributed by atoms with Gasteiger partial charge in [-0.1, -0.05) is 295 Å². The van der Waals surface area contributed by atoms with Crippen molar-refractivity contribution in [3.8, 4) is 0 Å². The summed E-state index contributed by atoms with van der Waals surface area (Å²) in [7, 11) is 0. The van der Waals surface area contributed by atoms with Gasteiger partial charge in [0.25, 0.3) is 0 Å². The first-order chi connectivity index (χ1) is 35.5. The van der Waals surface area contributed by atoms with E-state index in [0.29, 0.717) is 19.3 Å². The summed E-state index contributed by atoms with van der Waals surface area (Å²) >= 11 is 0. The average molecular weight is 1010 g/mol. The summed E-state index contributed by atoms with van der Waals surface area (Å²) in [6.07, 6.45) is 74.3. The smallest absolute Gasteiger partial charge is 0.306 e. The van der Waals surface area contributed by atoms with Crippen molar-refractivity contribution in [1.29, 1.82) is 0 Å². The third kappa shape index (κ3) is 58.5. The number of ether oxygens (including phenoxy) is 3. The standard InChI is InChI=1S/C66H122O6/c1-4-7-10-13-16-19-22-25-28-30-31-32-33-34-35-37-38-41-44-47-50-53-56-59-65(68)71-62-63(61-70-64(67)58-55-52-49-46-43-40-27-24-21-18-15-12-9-6-3)72-66(69)60-57-54-51-48-45-42-39-36-29-26-23-20-17-14-11-8-5-2/h15,18,24,27,30-31,63H,4-14,16-17,19-23,25-26,28-29,32-62H2,1-3H3/b18-15-,27-24-,31-30-. The molecule has 0 saturated heterocycles. The van der Waals surface area contributed by atoms with E-state index < -0.39 is 6.10 Å². The largest absolute Gasteiger partial charge is 0.462 e. The van der Waals surface area contributed by atoms with Crippen LogP contribution in [0.4, 0.5) is 0 Å². The van der Waals surface area contributed by atoms with Crippen LogP contribution in [0.25, 0.3) is 0 Å². The van der Waals surface area contributed by atoms with Gasteiger partial charge in [0.05, 0.1) is 0 Å². The van der Waals surface area contributed by atoms with Crippen molar-refractivity contribution in [2.75, 3.05) is 13.2 Å². The molecule has 6 nitrogen and oxygen atoms in total. The van der Waals surface area contributed by atoms with Gasteiger partial charge in [0.2, 0.25) is 0 Å². The maximum absolute atomic E-state index is 12.9. The van der Waals surface area contributed by atoms with E-state index in [1.54, 1.807) is 0 Å². The van der Waals surface area contributed by atoms with Crippen molar-refractivity contribution < 1.29 is 28.6 Å². The van der Waals surface area contributed by atoms with Crippen molar-refractivity contribution >= 4 is 17.9 Å². The van der Waals surface area contributed by atoms with E-state index in [-0.39, 0.29) is 31.1 Å². The summed E-state index contributed by atoms with van der Waals surface area (Å²) in [6.45, 7) is 6.65. The highest BCUT2D eigenvalue weighted by molar-refractivity contribution is 5.71. The minimum absolute atomic E-state index is 0.0729. The summed E-state index contributed by atoms with van der Waals surface area (Å²) in [5.41, 5.74) is 0. The Kier molecular flexibility index (Phi) is 59.2. The highest BCUT2D eigenvalue weighted by Crippen LogP contribution is 2.17. The monoisotopic (exact) mass is 1010 g/mol. The molecule has 1 unspecified atom stereocenters. The van der Waals surface area contributed by atoms with E-state index in [4.69, 9.17) is 14.2 Å². The first-order valence-corrected chi connectivity index (χ1v) is 32.0. The Hall–Kier alpha value is -2.37. The van der Waals surface area contributed by atoms with E-state index in [9.17, 15) is 14.4 Å². The lowest BCUT2D eigenvalue weighted by Gasteiger charge is -2.18. The van der Waals surface area contributed by atoms with Gasteiger partial charge in [-0.15, -0.1) is 0 Å². The van der Waals surface area contributed by atoms with Crippen LogP contribution in [0.1, 0.15) is 348 Å². The second kappa shape index (κ2) is 61.2. The summed E-state index contributed by atoms with van der Waals surface area (Å²) in [5, 5.41) is 0. The predicted molar refractivity (Wildman–Crippen MR) is 312 cm³/mol. The molecule has 0 N–H and O–H groups in total. The fourth-order valence-corrected chi connectivity index (χ4v) is 9.52. The van der Waals surface area contributed by atoms with E-state index in [0.717, 1.165) is 77.0 Å². The molecule has 6 heteroatoms. The molecule has 0 aliphatic heterocycles. The van der Waals surface area contributed by atoms with Crippen LogP contribution in [0.3, 0.4) is 0 Å². The molecule has 0 aliphatic carbocycles. The molecule has 0 saturated carbocycles. The van der Waals surface area contributed by atoms with Crippen LogP contribution in [-0.2, 0) is 28.6 Å². The lowest BCUT2D eigenvalue weighted by Crippen LogP contribution is -2.30. The zero-order valence-corrected chi connectivity index (χ0v) is 48.5. The number of rotatable bonds is 59. The van der Waals surface area contributed by atoms with E-state index >= 15 is 0 Å². The van der Waals surface area contributed by atoms with Gasteiger partial charge in [0.15, 0.2) is 6.10 Å². The molecule has 0 amide bonds. The number of carbonyl (C=O) groups excluding carboxylic acids is 3. The fourth-order valence-electron chi connectivity index (χ4n) is 9.52. The molecule has 0 fully saturated rings. The summed E-state index contributed by atoms with van der Waals surface area (Å²) in [6, 6.07) is 0. The van der Waals surface area contributed by atoms with E-state index in [1.165, 1.54) is 231 Å². The van der Waals surface area contributed by atoms with Gasteiger partial charge in [0.1, 0.15) is 13.2 Å². The van der Waals surface area contributed by atoms with Crippen molar-refractivity contribution in [2.45, 2.75) is 354 Å². The lowest BCUT2D eigenvalue weighted by molar-refractivity contribution is -0.167. The van der Waals surface area contributed by atoms with Crippen LogP contribution >= 0.6 is 0 Å². The highest BCUT2D eigenvalue weighted by Gasteiger charge is 2.19. The Balaban J connectivity index is 4.28. The molecule has 1 atom stereocenters. The Bertz CT molecular complexity index is 1210. The minimum atomic E-state index is -0.776. The average Bonchev–Trinajstić information content (AvgIpc) is 3.38. The quantitative estimate of drug-likeness (QED) is 0.0261. The molecule has 0 aromatic rings. The SMILES string of the molecule is CCCC/C=C\C/C=C\CCCCCCCC(=O)OCC(COC(=O)CCCCCCCCCCCCC/C=C\CCCCCCCCCC)OC(=O)CCCCCCCCCCCCCCCCCCC. The first kappa shape index (κ1) is 69.6. The van der Waals surface area contributed by atoms with Gasteiger partial charge in [-0.3, -0.25) is 14.4 Å². The van der Waals surface area contributed by atoms with Crippen molar-refractivity contribution in [3.63, 3.8) is 0 Å². The van der Waals surface area contributed by atoms with Gasteiger partial charge in [-0.05, 0) is 70.6 Å². The van der Waals surface area contributed by atoms with Gasteiger partial charge in [-0.2, -0.15) is 0 Å². The maximum atomic E-state index is 12.9.